The number of rotatable bonds is 10. The molecule has 0 bridgehead atoms. The standard InChI is InChI=1S/C17H21N3O5S/c1-3-24-15(22)5-4-10-18-14(21)11-26-17-20-19-16(25-17)12-6-8-13(23-2)9-7-12/h6-9H,3-5,10-11H2,1-2H3,(H,18,21). The molecule has 1 amide bonds. The Kier molecular flexibility index (Phi) is 7.94. The van der Waals surface area contributed by atoms with E-state index >= 15 is 0 Å². The minimum absolute atomic E-state index is 0.156. The molecule has 0 atom stereocenters. The lowest BCUT2D eigenvalue weighted by Gasteiger charge is -2.04. The van der Waals surface area contributed by atoms with E-state index in [-0.39, 0.29) is 24.1 Å². The number of hydrogen-bond donors (Lipinski definition) is 1. The summed E-state index contributed by atoms with van der Waals surface area (Å²) in [4.78, 5) is 23.0. The molecule has 8 nitrogen and oxygen atoms in total. The summed E-state index contributed by atoms with van der Waals surface area (Å²) >= 11 is 1.16. The van der Waals surface area contributed by atoms with Crippen molar-refractivity contribution in [2.75, 3.05) is 26.0 Å². The van der Waals surface area contributed by atoms with Gasteiger partial charge in [0.25, 0.3) is 5.22 Å². The van der Waals surface area contributed by atoms with Gasteiger partial charge in [0, 0.05) is 18.5 Å². The van der Waals surface area contributed by atoms with E-state index in [1.54, 1.807) is 26.2 Å². The normalized spacial score (nSPS) is 10.4. The van der Waals surface area contributed by atoms with Crippen LogP contribution in [0, 0.1) is 0 Å². The second-order valence-corrected chi connectivity index (χ2v) is 6.08. The number of benzene rings is 1. The van der Waals surface area contributed by atoms with Crippen LogP contribution >= 0.6 is 11.8 Å². The Morgan fingerprint density at radius 2 is 2.00 bits per heavy atom. The highest BCUT2D eigenvalue weighted by Crippen LogP contribution is 2.24. The van der Waals surface area contributed by atoms with Crippen LogP contribution in [0.25, 0.3) is 11.5 Å². The van der Waals surface area contributed by atoms with Crippen LogP contribution in [-0.2, 0) is 14.3 Å². The number of ether oxygens (including phenoxy) is 2. The monoisotopic (exact) mass is 379 g/mol. The summed E-state index contributed by atoms with van der Waals surface area (Å²) in [6, 6.07) is 7.24. The van der Waals surface area contributed by atoms with Gasteiger partial charge in [0.2, 0.25) is 11.8 Å². The maximum Gasteiger partial charge on any atom is 0.305 e. The lowest BCUT2D eigenvalue weighted by molar-refractivity contribution is -0.143. The first-order valence-electron chi connectivity index (χ1n) is 8.15. The molecule has 1 heterocycles. The molecule has 2 rings (SSSR count). The van der Waals surface area contributed by atoms with Crippen LogP contribution in [0.2, 0.25) is 0 Å². The Labute approximate surface area is 155 Å². The molecular formula is C17H21N3O5S. The number of thioether (sulfide) groups is 1. The zero-order chi connectivity index (χ0) is 18.8. The topological polar surface area (TPSA) is 104 Å². The fourth-order valence-corrected chi connectivity index (χ4v) is 2.58. The third-order valence-electron chi connectivity index (χ3n) is 3.26. The second-order valence-electron chi connectivity index (χ2n) is 5.15. The molecular weight excluding hydrogens is 358 g/mol. The summed E-state index contributed by atoms with van der Waals surface area (Å²) in [7, 11) is 1.60. The van der Waals surface area contributed by atoms with E-state index in [9.17, 15) is 9.59 Å². The number of esters is 1. The number of methoxy groups -OCH3 is 1. The Hall–Kier alpha value is -2.55. The van der Waals surface area contributed by atoms with Crippen molar-refractivity contribution >= 4 is 23.6 Å². The minimum Gasteiger partial charge on any atom is -0.497 e. The fourth-order valence-electron chi connectivity index (χ4n) is 1.99. The third-order valence-corrected chi connectivity index (χ3v) is 4.07. The predicted molar refractivity (Wildman–Crippen MR) is 95.9 cm³/mol. The summed E-state index contributed by atoms with van der Waals surface area (Å²) in [5.74, 6) is 0.854. The number of hydrogen-bond acceptors (Lipinski definition) is 8. The van der Waals surface area contributed by atoms with E-state index in [2.05, 4.69) is 15.5 Å². The van der Waals surface area contributed by atoms with Crippen molar-refractivity contribution in [1.29, 1.82) is 0 Å². The molecule has 1 N–H and O–H groups in total. The van der Waals surface area contributed by atoms with E-state index in [4.69, 9.17) is 13.9 Å². The van der Waals surface area contributed by atoms with Crippen molar-refractivity contribution in [2.45, 2.75) is 25.0 Å². The zero-order valence-corrected chi connectivity index (χ0v) is 15.5. The second kappa shape index (κ2) is 10.4. The van der Waals surface area contributed by atoms with Gasteiger partial charge in [0.15, 0.2) is 0 Å². The number of amides is 1. The highest BCUT2D eigenvalue weighted by molar-refractivity contribution is 7.99. The number of carbonyl (C=O) groups is 2. The zero-order valence-electron chi connectivity index (χ0n) is 14.7. The van der Waals surface area contributed by atoms with Crippen LogP contribution in [0.5, 0.6) is 5.75 Å². The molecule has 0 saturated carbocycles. The molecule has 1 aromatic heterocycles. The Morgan fingerprint density at radius 1 is 1.23 bits per heavy atom. The highest BCUT2D eigenvalue weighted by Gasteiger charge is 2.11. The van der Waals surface area contributed by atoms with Gasteiger partial charge in [0.1, 0.15) is 5.75 Å². The number of nitrogens with one attached hydrogen (secondary N) is 1. The van der Waals surface area contributed by atoms with Crippen molar-refractivity contribution in [3.05, 3.63) is 24.3 Å². The van der Waals surface area contributed by atoms with Crippen molar-refractivity contribution in [3.63, 3.8) is 0 Å². The first-order chi connectivity index (χ1) is 12.6. The van der Waals surface area contributed by atoms with Gasteiger partial charge in [-0.05, 0) is 37.6 Å². The first kappa shape index (κ1) is 19.8. The fraction of sp³-hybridized carbons (Fsp3) is 0.412. The molecule has 0 saturated heterocycles. The average molecular weight is 379 g/mol. The quantitative estimate of drug-likeness (QED) is 0.381. The summed E-state index contributed by atoms with van der Waals surface area (Å²) in [6.07, 6.45) is 0.827. The van der Waals surface area contributed by atoms with Crippen LogP contribution in [0.1, 0.15) is 19.8 Å². The first-order valence-corrected chi connectivity index (χ1v) is 9.14. The Bertz CT molecular complexity index is 717. The van der Waals surface area contributed by atoms with Gasteiger partial charge in [0.05, 0.1) is 19.5 Å². The average Bonchev–Trinajstić information content (AvgIpc) is 3.13. The molecule has 26 heavy (non-hydrogen) atoms. The third kappa shape index (κ3) is 6.40. The number of carbonyl (C=O) groups excluding carboxylic acids is 2. The molecule has 1 aromatic carbocycles. The largest absolute Gasteiger partial charge is 0.497 e. The molecule has 0 spiro atoms. The van der Waals surface area contributed by atoms with Crippen molar-refractivity contribution in [2.24, 2.45) is 0 Å². The van der Waals surface area contributed by atoms with Gasteiger partial charge in [-0.2, -0.15) is 0 Å². The van der Waals surface area contributed by atoms with Crippen LogP contribution in [0.4, 0.5) is 0 Å². The lowest BCUT2D eigenvalue weighted by atomic mass is 10.2. The van der Waals surface area contributed by atoms with Crippen LogP contribution in [0.15, 0.2) is 33.9 Å². The minimum atomic E-state index is -0.256. The predicted octanol–water partition coefficient (Wildman–Crippen LogP) is 2.30. The van der Waals surface area contributed by atoms with E-state index < -0.39 is 0 Å². The van der Waals surface area contributed by atoms with Crippen molar-refractivity contribution < 1.29 is 23.5 Å². The summed E-state index contributed by atoms with van der Waals surface area (Å²) in [5.41, 5.74) is 0.772. The molecule has 0 radical (unpaired) electrons. The van der Waals surface area contributed by atoms with Gasteiger partial charge in [-0.15, -0.1) is 10.2 Å². The summed E-state index contributed by atoms with van der Waals surface area (Å²) in [6.45, 7) is 2.54. The van der Waals surface area contributed by atoms with Crippen LogP contribution < -0.4 is 10.1 Å². The molecule has 0 unspecified atom stereocenters. The van der Waals surface area contributed by atoms with Gasteiger partial charge in [-0.3, -0.25) is 9.59 Å². The van der Waals surface area contributed by atoms with Gasteiger partial charge < -0.3 is 19.2 Å². The smallest absolute Gasteiger partial charge is 0.305 e. The van der Waals surface area contributed by atoms with Crippen LogP contribution in [0.3, 0.4) is 0 Å². The number of aromatic nitrogens is 2. The maximum atomic E-state index is 11.8. The molecule has 2 aromatic rings. The summed E-state index contributed by atoms with van der Waals surface area (Å²) in [5, 5.41) is 10.9. The van der Waals surface area contributed by atoms with Gasteiger partial charge in [-0.25, -0.2) is 0 Å². The Morgan fingerprint density at radius 3 is 2.69 bits per heavy atom. The SMILES string of the molecule is CCOC(=O)CCCNC(=O)CSc1nnc(-c2ccc(OC)cc2)o1. The highest BCUT2D eigenvalue weighted by atomic mass is 32.2. The summed E-state index contributed by atoms with van der Waals surface area (Å²) < 4.78 is 15.5. The lowest BCUT2D eigenvalue weighted by Crippen LogP contribution is -2.26. The molecule has 140 valence electrons. The van der Waals surface area contributed by atoms with Gasteiger partial charge >= 0.3 is 5.97 Å². The van der Waals surface area contributed by atoms with E-state index in [1.165, 1.54) is 0 Å². The van der Waals surface area contributed by atoms with Gasteiger partial charge in [-0.1, -0.05) is 11.8 Å². The Balaban J connectivity index is 1.71. The molecule has 0 aliphatic carbocycles. The molecule has 0 aliphatic heterocycles. The van der Waals surface area contributed by atoms with Crippen LogP contribution in [-0.4, -0.2) is 48.1 Å². The molecule has 0 fully saturated rings. The van der Waals surface area contributed by atoms with E-state index in [1.807, 2.05) is 12.1 Å². The van der Waals surface area contributed by atoms with E-state index in [0.29, 0.717) is 30.7 Å². The van der Waals surface area contributed by atoms with Crippen molar-refractivity contribution in [1.82, 2.24) is 15.5 Å². The number of nitrogens with zero attached hydrogens (tertiary/aromatic N) is 2. The molecule has 0 aliphatic rings. The van der Waals surface area contributed by atoms with E-state index in [0.717, 1.165) is 23.1 Å². The maximum absolute atomic E-state index is 11.8. The van der Waals surface area contributed by atoms with Crippen molar-refractivity contribution in [3.8, 4) is 17.2 Å². The molecule has 9 heteroatoms.